The minimum atomic E-state index is -1.00. The summed E-state index contributed by atoms with van der Waals surface area (Å²) in [6.07, 6.45) is 2.71. The second kappa shape index (κ2) is 4.01. The lowest BCUT2D eigenvalue weighted by Gasteiger charge is -1.94. The Morgan fingerprint density at radius 2 is 2.31 bits per heavy atom. The summed E-state index contributed by atoms with van der Waals surface area (Å²) in [5, 5.41) is 13.3. The van der Waals surface area contributed by atoms with E-state index in [4.69, 9.17) is 5.11 Å². The predicted molar refractivity (Wildman–Crippen MR) is 58.1 cm³/mol. The van der Waals surface area contributed by atoms with Crippen LogP contribution in [0.4, 0.5) is 0 Å². The highest BCUT2D eigenvalue weighted by molar-refractivity contribution is 7.08. The molecule has 6 nitrogen and oxygen atoms in total. The quantitative estimate of drug-likeness (QED) is 0.877. The van der Waals surface area contributed by atoms with E-state index in [1.165, 1.54) is 28.6 Å². The van der Waals surface area contributed by atoms with Gasteiger partial charge in [-0.2, -0.15) is 9.47 Å². The Morgan fingerprint density at radius 1 is 1.56 bits per heavy atom. The maximum atomic E-state index is 10.7. The molecule has 0 fully saturated rings. The number of aromatic carboxylic acids is 1. The van der Waals surface area contributed by atoms with Crippen molar-refractivity contribution in [2.45, 2.75) is 19.8 Å². The molecule has 16 heavy (non-hydrogen) atoms. The Balaban J connectivity index is 2.31. The molecule has 2 heterocycles. The van der Waals surface area contributed by atoms with E-state index in [0.717, 1.165) is 5.82 Å². The van der Waals surface area contributed by atoms with E-state index >= 15 is 0 Å². The van der Waals surface area contributed by atoms with E-state index in [-0.39, 0.29) is 11.5 Å². The van der Waals surface area contributed by atoms with E-state index in [0.29, 0.717) is 5.13 Å². The Morgan fingerprint density at radius 3 is 2.81 bits per heavy atom. The third-order valence-electron chi connectivity index (χ3n) is 1.97. The Hall–Kier alpha value is -1.76. The predicted octanol–water partition coefficient (Wildman–Crippen LogP) is 1.55. The monoisotopic (exact) mass is 238 g/mol. The summed E-state index contributed by atoms with van der Waals surface area (Å²) in [4.78, 5) is 14.9. The minimum absolute atomic E-state index is 0.140. The van der Waals surface area contributed by atoms with Crippen LogP contribution >= 0.6 is 11.5 Å². The first-order valence-electron chi connectivity index (χ1n) is 4.70. The highest BCUT2D eigenvalue weighted by atomic mass is 32.1. The minimum Gasteiger partial charge on any atom is -0.478 e. The van der Waals surface area contributed by atoms with Gasteiger partial charge in [0.2, 0.25) is 5.13 Å². The fourth-order valence-electron chi connectivity index (χ4n) is 1.09. The highest BCUT2D eigenvalue weighted by Gasteiger charge is 2.12. The Bertz CT molecular complexity index is 517. The number of rotatable bonds is 3. The molecule has 0 aliphatic carbocycles. The van der Waals surface area contributed by atoms with Crippen molar-refractivity contribution in [3.63, 3.8) is 0 Å². The standard InChI is InChI=1S/C9H10N4O2S/c1-5(2)7-11-9(16-12-7)13-4-6(3-10-13)8(14)15/h3-5H,1-2H3,(H,14,15). The molecule has 2 aromatic heterocycles. The molecular weight excluding hydrogens is 228 g/mol. The zero-order valence-corrected chi connectivity index (χ0v) is 9.60. The van der Waals surface area contributed by atoms with Crippen LogP contribution in [0.2, 0.25) is 0 Å². The van der Waals surface area contributed by atoms with Gasteiger partial charge in [-0.1, -0.05) is 13.8 Å². The van der Waals surface area contributed by atoms with Crippen LogP contribution in [-0.4, -0.2) is 30.2 Å². The van der Waals surface area contributed by atoms with Gasteiger partial charge in [0.05, 0.1) is 11.8 Å². The van der Waals surface area contributed by atoms with E-state index in [1.54, 1.807) is 0 Å². The number of carbonyl (C=O) groups is 1. The van der Waals surface area contributed by atoms with Crippen LogP contribution in [0.5, 0.6) is 0 Å². The average Bonchev–Trinajstić information content (AvgIpc) is 2.86. The number of hydrogen-bond donors (Lipinski definition) is 1. The van der Waals surface area contributed by atoms with Gasteiger partial charge in [0, 0.05) is 23.6 Å². The van der Waals surface area contributed by atoms with Crippen LogP contribution in [0.25, 0.3) is 5.13 Å². The van der Waals surface area contributed by atoms with Gasteiger partial charge < -0.3 is 5.11 Å². The molecule has 0 saturated carbocycles. The number of carboxylic acids is 1. The van der Waals surface area contributed by atoms with Crippen molar-refractivity contribution in [1.82, 2.24) is 19.1 Å². The molecule has 0 radical (unpaired) electrons. The van der Waals surface area contributed by atoms with Gasteiger partial charge in [-0.05, 0) is 0 Å². The molecule has 0 aliphatic heterocycles. The van der Waals surface area contributed by atoms with Crippen LogP contribution in [0.3, 0.4) is 0 Å². The first kappa shape index (κ1) is 10.7. The fraction of sp³-hybridized carbons (Fsp3) is 0.333. The topological polar surface area (TPSA) is 80.9 Å². The van der Waals surface area contributed by atoms with Gasteiger partial charge in [0.15, 0.2) is 0 Å². The maximum absolute atomic E-state index is 10.7. The zero-order chi connectivity index (χ0) is 11.7. The molecule has 2 rings (SSSR count). The van der Waals surface area contributed by atoms with Gasteiger partial charge in [0.1, 0.15) is 5.82 Å². The summed E-state index contributed by atoms with van der Waals surface area (Å²) in [7, 11) is 0. The number of aromatic nitrogens is 4. The number of hydrogen-bond acceptors (Lipinski definition) is 5. The fourth-order valence-corrected chi connectivity index (χ4v) is 1.84. The van der Waals surface area contributed by atoms with Crippen LogP contribution in [0.15, 0.2) is 12.4 Å². The van der Waals surface area contributed by atoms with Crippen molar-refractivity contribution in [2.75, 3.05) is 0 Å². The third kappa shape index (κ3) is 1.94. The van der Waals surface area contributed by atoms with Crippen molar-refractivity contribution >= 4 is 17.5 Å². The molecular formula is C9H10N4O2S. The molecule has 84 valence electrons. The second-order valence-electron chi connectivity index (χ2n) is 3.57. The van der Waals surface area contributed by atoms with E-state index in [2.05, 4.69) is 14.5 Å². The average molecular weight is 238 g/mol. The molecule has 0 atom stereocenters. The number of carboxylic acid groups (broad SMARTS) is 1. The summed E-state index contributed by atoms with van der Waals surface area (Å²) < 4.78 is 5.59. The smallest absolute Gasteiger partial charge is 0.338 e. The van der Waals surface area contributed by atoms with Crippen molar-refractivity contribution < 1.29 is 9.90 Å². The lowest BCUT2D eigenvalue weighted by Crippen LogP contribution is -1.96. The molecule has 0 unspecified atom stereocenters. The summed E-state index contributed by atoms with van der Waals surface area (Å²) >= 11 is 1.20. The molecule has 0 saturated heterocycles. The van der Waals surface area contributed by atoms with E-state index in [9.17, 15) is 4.79 Å². The van der Waals surface area contributed by atoms with Gasteiger partial charge in [0.25, 0.3) is 0 Å². The van der Waals surface area contributed by atoms with Crippen molar-refractivity contribution in [3.05, 3.63) is 23.8 Å². The molecule has 1 N–H and O–H groups in total. The maximum Gasteiger partial charge on any atom is 0.338 e. The van der Waals surface area contributed by atoms with E-state index < -0.39 is 5.97 Å². The SMILES string of the molecule is CC(C)c1nsc(-n2cc(C(=O)O)cn2)n1. The first-order valence-corrected chi connectivity index (χ1v) is 5.47. The van der Waals surface area contributed by atoms with Gasteiger partial charge >= 0.3 is 5.97 Å². The van der Waals surface area contributed by atoms with Crippen LogP contribution in [0, 0.1) is 0 Å². The molecule has 0 bridgehead atoms. The number of nitrogens with zero attached hydrogens (tertiary/aromatic N) is 4. The van der Waals surface area contributed by atoms with Crippen molar-refractivity contribution in [2.24, 2.45) is 0 Å². The molecule has 0 aliphatic rings. The Labute approximate surface area is 95.7 Å². The van der Waals surface area contributed by atoms with Crippen molar-refractivity contribution in [3.8, 4) is 5.13 Å². The Kier molecular flexibility index (Phi) is 2.69. The third-order valence-corrected chi connectivity index (χ3v) is 2.69. The zero-order valence-electron chi connectivity index (χ0n) is 8.78. The summed E-state index contributed by atoms with van der Waals surface area (Å²) in [5.41, 5.74) is 0.140. The van der Waals surface area contributed by atoms with E-state index in [1.807, 2.05) is 13.8 Å². The summed E-state index contributed by atoms with van der Waals surface area (Å²) in [6, 6.07) is 0. The summed E-state index contributed by atoms with van der Waals surface area (Å²) in [6.45, 7) is 4.00. The van der Waals surface area contributed by atoms with Crippen LogP contribution in [-0.2, 0) is 0 Å². The second-order valence-corrected chi connectivity index (χ2v) is 4.30. The molecule has 0 amide bonds. The van der Waals surface area contributed by atoms with Crippen molar-refractivity contribution in [1.29, 1.82) is 0 Å². The lowest BCUT2D eigenvalue weighted by molar-refractivity contribution is 0.0697. The molecule has 7 heteroatoms. The summed E-state index contributed by atoms with van der Waals surface area (Å²) in [5.74, 6) is -0.00766. The van der Waals surface area contributed by atoms with Gasteiger partial charge in [-0.25, -0.2) is 14.5 Å². The molecule has 0 spiro atoms. The first-order chi connectivity index (χ1) is 7.58. The largest absolute Gasteiger partial charge is 0.478 e. The molecule has 0 aromatic carbocycles. The normalized spacial score (nSPS) is 10.9. The van der Waals surface area contributed by atoms with Crippen LogP contribution < -0.4 is 0 Å². The molecule has 2 aromatic rings. The van der Waals surface area contributed by atoms with Crippen LogP contribution in [0.1, 0.15) is 35.9 Å². The van der Waals surface area contributed by atoms with Gasteiger partial charge in [-0.15, -0.1) is 0 Å². The lowest BCUT2D eigenvalue weighted by atomic mass is 10.2. The van der Waals surface area contributed by atoms with Gasteiger partial charge in [-0.3, -0.25) is 0 Å². The highest BCUT2D eigenvalue weighted by Crippen LogP contribution is 2.16.